The molecule has 154 valence electrons. The number of hydrogen-bond acceptors (Lipinski definition) is 6. The average Bonchev–Trinajstić information content (AvgIpc) is 2.70. The lowest BCUT2D eigenvalue weighted by Gasteiger charge is -2.12. The second-order valence-electron chi connectivity index (χ2n) is 5.85. The molecule has 0 aliphatic rings. The van der Waals surface area contributed by atoms with Crippen LogP contribution < -0.4 is 19.5 Å². The number of anilines is 1. The molecule has 2 aromatic rings. The number of non-ortho nitro benzene ring substituents is 1. The van der Waals surface area contributed by atoms with Gasteiger partial charge in [-0.15, -0.1) is 0 Å². The van der Waals surface area contributed by atoms with E-state index in [2.05, 4.69) is 5.32 Å². The zero-order chi connectivity index (χ0) is 21.4. The van der Waals surface area contributed by atoms with Crippen LogP contribution >= 0.6 is 11.6 Å². The molecule has 0 aromatic heterocycles. The second kappa shape index (κ2) is 10.3. The molecular weight excluding hydrogens is 400 g/mol. The lowest BCUT2D eigenvalue weighted by atomic mass is 10.2. The smallest absolute Gasteiger partial charge is 0.271 e. The molecule has 29 heavy (non-hydrogen) atoms. The predicted octanol–water partition coefficient (Wildman–Crippen LogP) is 4.71. The van der Waals surface area contributed by atoms with Crippen LogP contribution in [0, 0.1) is 10.1 Å². The Morgan fingerprint density at radius 3 is 2.55 bits per heavy atom. The predicted molar refractivity (Wildman–Crippen MR) is 111 cm³/mol. The number of methoxy groups -OCH3 is 2. The number of ether oxygens (including phenoxy) is 3. The van der Waals surface area contributed by atoms with Crippen LogP contribution in [-0.2, 0) is 4.79 Å². The van der Waals surface area contributed by atoms with Crippen LogP contribution in [0.2, 0.25) is 5.02 Å². The third-order valence-corrected chi connectivity index (χ3v) is 4.06. The second-order valence-corrected chi connectivity index (χ2v) is 6.25. The fourth-order valence-corrected chi connectivity index (χ4v) is 2.71. The van der Waals surface area contributed by atoms with Crippen LogP contribution in [0.1, 0.15) is 18.9 Å². The van der Waals surface area contributed by atoms with Gasteiger partial charge >= 0.3 is 0 Å². The number of amides is 1. The largest absolute Gasteiger partial charge is 0.495 e. The number of nitro benzene ring substituents is 1. The first kappa shape index (κ1) is 22.0. The van der Waals surface area contributed by atoms with E-state index in [9.17, 15) is 14.9 Å². The Labute approximate surface area is 173 Å². The summed E-state index contributed by atoms with van der Waals surface area (Å²) in [6.07, 6.45) is 3.63. The van der Waals surface area contributed by atoms with Gasteiger partial charge in [0.05, 0.1) is 36.5 Å². The topological polar surface area (TPSA) is 99.9 Å². The monoisotopic (exact) mass is 420 g/mol. The van der Waals surface area contributed by atoms with Crippen LogP contribution in [-0.4, -0.2) is 31.7 Å². The van der Waals surface area contributed by atoms with Gasteiger partial charge in [-0.1, -0.05) is 18.5 Å². The minimum Gasteiger partial charge on any atom is -0.495 e. The van der Waals surface area contributed by atoms with Gasteiger partial charge in [0.1, 0.15) is 5.75 Å². The lowest BCUT2D eigenvalue weighted by molar-refractivity contribution is -0.384. The van der Waals surface area contributed by atoms with Gasteiger partial charge < -0.3 is 19.5 Å². The fourth-order valence-electron chi connectivity index (χ4n) is 2.43. The summed E-state index contributed by atoms with van der Waals surface area (Å²) in [6.45, 7) is 2.48. The number of rotatable bonds is 9. The highest BCUT2D eigenvalue weighted by Gasteiger charge is 2.14. The van der Waals surface area contributed by atoms with Gasteiger partial charge in [0.15, 0.2) is 11.5 Å². The molecule has 0 aliphatic carbocycles. The molecule has 2 aromatic carbocycles. The van der Waals surface area contributed by atoms with E-state index in [0.29, 0.717) is 34.4 Å². The Bertz CT molecular complexity index is 929. The quantitative estimate of drug-likeness (QED) is 0.358. The van der Waals surface area contributed by atoms with Crippen molar-refractivity contribution in [3.05, 3.63) is 57.1 Å². The number of benzene rings is 2. The van der Waals surface area contributed by atoms with Crippen molar-refractivity contribution < 1.29 is 23.9 Å². The third-order valence-electron chi connectivity index (χ3n) is 3.78. The Morgan fingerprint density at radius 1 is 1.21 bits per heavy atom. The third kappa shape index (κ3) is 5.86. The van der Waals surface area contributed by atoms with Crippen molar-refractivity contribution in [2.45, 2.75) is 13.3 Å². The van der Waals surface area contributed by atoms with Gasteiger partial charge in [0, 0.05) is 18.2 Å². The number of nitrogens with one attached hydrogen (secondary N) is 1. The summed E-state index contributed by atoms with van der Waals surface area (Å²) in [4.78, 5) is 22.7. The van der Waals surface area contributed by atoms with Crippen LogP contribution in [0.3, 0.4) is 0 Å². The van der Waals surface area contributed by atoms with Gasteiger partial charge in [-0.05, 0) is 36.3 Å². The van der Waals surface area contributed by atoms with E-state index in [1.54, 1.807) is 12.1 Å². The Balaban J connectivity index is 2.20. The summed E-state index contributed by atoms with van der Waals surface area (Å²) in [5, 5.41) is 13.9. The van der Waals surface area contributed by atoms with Crippen molar-refractivity contribution in [3.63, 3.8) is 0 Å². The van der Waals surface area contributed by atoms with Crippen molar-refractivity contribution in [2.75, 3.05) is 26.1 Å². The van der Waals surface area contributed by atoms with Crippen LogP contribution in [0.4, 0.5) is 11.4 Å². The molecule has 0 heterocycles. The zero-order valence-electron chi connectivity index (χ0n) is 16.2. The first-order chi connectivity index (χ1) is 13.9. The molecule has 8 nitrogen and oxygen atoms in total. The molecule has 0 radical (unpaired) electrons. The van der Waals surface area contributed by atoms with Crippen molar-refractivity contribution >= 4 is 35.0 Å². The highest BCUT2D eigenvalue weighted by molar-refractivity contribution is 6.32. The van der Waals surface area contributed by atoms with Gasteiger partial charge in [0.25, 0.3) is 5.69 Å². The molecule has 2 rings (SSSR count). The highest BCUT2D eigenvalue weighted by Crippen LogP contribution is 2.37. The molecule has 0 spiro atoms. The summed E-state index contributed by atoms with van der Waals surface area (Å²) in [5.74, 6) is 0.704. The number of carbonyl (C=O) groups excluding carboxylic acids is 1. The summed E-state index contributed by atoms with van der Waals surface area (Å²) in [7, 11) is 2.91. The molecule has 0 atom stereocenters. The maximum Gasteiger partial charge on any atom is 0.271 e. The Hall–Kier alpha value is -3.26. The lowest BCUT2D eigenvalue weighted by Crippen LogP contribution is -2.09. The number of nitrogens with zero attached hydrogens (tertiary/aromatic N) is 1. The molecule has 0 fully saturated rings. The minimum absolute atomic E-state index is 0.163. The van der Waals surface area contributed by atoms with Crippen molar-refractivity contribution in [1.29, 1.82) is 0 Å². The first-order valence-corrected chi connectivity index (χ1v) is 9.09. The number of hydrogen-bond donors (Lipinski definition) is 1. The molecule has 0 unspecified atom stereocenters. The van der Waals surface area contributed by atoms with E-state index in [-0.39, 0.29) is 11.4 Å². The Kier molecular flexibility index (Phi) is 7.85. The molecule has 9 heteroatoms. The molecular formula is C20H21ClN2O6. The maximum absolute atomic E-state index is 12.3. The number of nitro groups is 1. The molecule has 0 aliphatic heterocycles. The average molecular weight is 421 g/mol. The van der Waals surface area contributed by atoms with E-state index < -0.39 is 10.8 Å². The van der Waals surface area contributed by atoms with Crippen LogP contribution in [0.5, 0.6) is 17.2 Å². The van der Waals surface area contributed by atoms with Crippen molar-refractivity contribution in [3.8, 4) is 17.2 Å². The zero-order valence-corrected chi connectivity index (χ0v) is 17.0. The summed E-state index contributed by atoms with van der Waals surface area (Å²) >= 11 is 6.26. The highest BCUT2D eigenvalue weighted by atomic mass is 35.5. The van der Waals surface area contributed by atoms with E-state index in [1.807, 2.05) is 6.92 Å². The fraction of sp³-hybridized carbons (Fsp3) is 0.250. The van der Waals surface area contributed by atoms with Gasteiger partial charge in [-0.25, -0.2) is 0 Å². The van der Waals surface area contributed by atoms with Gasteiger partial charge in [-0.3, -0.25) is 14.9 Å². The molecule has 0 saturated carbocycles. The SMILES string of the molecule is CCCOc1c(Cl)cc(/C=C/C(=O)Nc2cc([N+](=O)[O-])ccc2OC)cc1OC. The number of halogens is 1. The summed E-state index contributed by atoms with van der Waals surface area (Å²) < 4.78 is 16.0. The summed E-state index contributed by atoms with van der Waals surface area (Å²) in [5.41, 5.74) is 0.649. The summed E-state index contributed by atoms with van der Waals surface area (Å²) in [6, 6.07) is 7.27. The molecule has 1 N–H and O–H groups in total. The standard InChI is InChI=1S/C20H21ClN2O6/c1-4-9-29-20-15(21)10-13(11-18(20)28-3)5-8-19(24)22-16-12-14(23(25)26)6-7-17(16)27-2/h5-8,10-12H,4,9H2,1-3H3,(H,22,24)/b8-5+. The van der Waals surface area contributed by atoms with Gasteiger partial charge in [-0.2, -0.15) is 0 Å². The van der Waals surface area contributed by atoms with Crippen molar-refractivity contribution in [1.82, 2.24) is 0 Å². The normalized spacial score (nSPS) is 10.6. The maximum atomic E-state index is 12.3. The molecule has 1 amide bonds. The van der Waals surface area contributed by atoms with Crippen LogP contribution in [0.25, 0.3) is 6.08 Å². The van der Waals surface area contributed by atoms with Gasteiger partial charge in [0.2, 0.25) is 5.91 Å². The number of carbonyl (C=O) groups is 1. The Morgan fingerprint density at radius 2 is 1.93 bits per heavy atom. The molecule has 0 saturated heterocycles. The minimum atomic E-state index is -0.554. The van der Waals surface area contributed by atoms with Crippen LogP contribution in [0.15, 0.2) is 36.4 Å². The van der Waals surface area contributed by atoms with E-state index >= 15 is 0 Å². The molecule has 0 bridgehead atoms. The van der Waals surface area contributed by atoms with E-state index in [1.165, 1.54) is 44.6 Å². The van der Waals surface area contributed by atoms with Crippen molar-refractivity contribution in [2.24, 2.45) is 0 Å². The van der Waals surface area contributed by atoms with E-state index in [4.69, 9.17) is 25.8 Å². The van der Waals surface area contributed by atoms with E-state index in [0.717, 1.165) is 6.42 Å². The first-order valence-electron chi connectivity index (χ1n) is 8.71.